The number of aliphatic carboxylic acids is 1. The first-order valence-corrected chi connectivity index (χ1v) is 11.7. The van der Waals surface area contributed by atoms with Crippen LogP contribution in [-0.2, 0) is 9.53 Å². The molecule has 0 atom stereocenters. The van der Waals surface area contributed by atoms with Crippen molar-refractivity contribution in [3.05, 3.63) is 71.5 Å². The minimum atomic E-state index is -5.08. The van der Waals surface area contributed by atoms with Crippen LogP contribution in [0, 0.1) is 5.92 Å². The fraction of sp³-hybridized carbons (Fsp3) is 0.269. The topological polar surface area (TPSA) is 155 Å². The second-order valence-corrected chi connectivity index (χ2v) is 8.43. The summed E-state index contributed by atoms with van der Waals surface area (Å²) in [5.41, 5.74) is 0.836. The lowest BCUT2D eigenvalue weighted by Crippen LogP contribution is -2.33. The summed E-state index contributed by atoms with van der Waals surface area (Å²) in [7, 11) is 0. The smallest absolute Gasteiger partial charge is 0.478 e. The molecular weight excluding hydrogens is 523 g/mol. The van der Waals surface area contributed by atoms with Crippen LogP contribution in [0.1, 0.15) is 44.0 Å². The number of rotatable bonds is 6. The zero-order chi connectivity index (χ0) is 28.6. The van der Waals surface area contributed by atoms with Crippen LogP contribution in [0.2, 0.25) is 0 Å². The third-order valence-corrected chi connectivity index (χ3v) is 5.80. The Morgan fingerprint density at radius 1 is 0.897 bits per heavy atom. The van der Waals surface area contributed by atoms with Gasteiger partial charge in [-0.2, -0.15) is 13.2 Å². The van der Waals surface area contributed by atoms with Crippen LogP contribution in [0.15, 0.2) is 54.7 Å². The van der Waals surface area contributed by atoms with E-state index in [1.165, 1.54) is 18.3 Å². The fourth-order valence-electron chi connectivity index (χ4n) is 3.83. The second kappa shape index (κ2) is 12.8. The molecule has 0 unspecified atom stereocenters. The molecule has 4 N–H and O–H groups in total. The number of hydrogen-bond donors (Lipinski definition) is 4. The summed E-state index contributed by atoms with van der Waals surface area (Å²) in [6, 6.07) is 12.9. The molecule has 0 spiro atoms. The van der Waals surface area contributed by atoms with Gasteiger partial charge in [-0.05, 0) is 53.8 Å². The molecule has 1 aromatic heterocycles. The normalized spacial score (nSPS) is 13.6. The van der Waals surface area contributed by atoms with E-state index in [-0.39, 0.29) is 22.9 Å². The predicted octanol–water partition coefficient (Wildman–Crippen LogP) is 3.98. The maximum Gasteiger partial charge on any atom is 0.490 e. The van der Waals surface area contributed by atoms with Crippen LogP contribution < -0.4 is 10.6 Å². The molecule has 0 bridgehead atoms. The van der Waals surface area contributed by atoms with E-state index in [0.29, 0.717) is 42.0 Å². The van der Waals surface area contributed by atoms with Crippen molar-refractivity contribution in [2.24, 2.45) is 5.92 Å². The van der Waals surface area contributed by atoms with Crippen molar-refractivity contribution in [3.63, 3.8) is 0 Å². The highest BCUT2D eigenvalue weighted by atomic mass is 19.4. The van der Waals surface area contributed by atoms with Gasteiger partial charge in [-0.25, -0.2) is 14.6 Å². The van der Waals surface area contributed by atoms with Crippen LogP contribution in [0.25, 0.3) is 10.8 Å². The number of pyridine rings is 1. The van der Waals surface area contributed by atoms with E-state index in [1.54, 1.807) is 36.4 Å². The lowest BCUT2D eigenvalue weighted by Gasteiger charge is -2.22. The minimum absolute atomic E-state index is 0.117. The van der Waals surface area contributed by atoms with Crippen molar-refractivity contribution in [1.29, 1.82) is 0 Å². The number of hydrogen-bond acceptors (Lipinski definition) is 6. The number of benzene rings is 2. The van der Waals surface area contributed by atoms with E-state index >= 15 is 0 Å². The van der Waals surface area contributed by atoms with E-state index in [9.17, 15) is 32.7 Å². The Balaban J connectivity index is 0.000000532. The summed E-state index contributed by atoms with van der Waals surface area (Å²) < 4.78 is 37.1. The standard InChI is InChI=1S/C24H23N3O5.C2HF3O2/c28-22(18-7-8-19(24(30)31)17-5-2-1-4-16(17)18)27-20-6-3-11-25-21(20)23(29)26-14-15-9-12-32-13-10-15;3-2(4,5)1(6)7/h1-8,11,15H,9-10,12-14H2,(H,26,29)(H,27,28)(H,30,31);(H,6,7). The lowest BCUT2D eigenvalue weighted by molar-refractivity contribution is -0.192. The first-order valence-electron chi connectivity index (χ1n) is 11.7. The van der Waals surface area contributed by atoms with Crippen LogP contribution in [0.4, 0.5) is 18.9 Å². The molecule has 2 aromatic carbocycles. The van der Waals surface area contributed by atoms with Crippen LogP contribution in [0.5, 0.6) is 0 Å². The first kappa shape index (κ1) is 29.0. The third kappa shape index (κ3) is 7.74. The van der Waals surface area contributed by atoms with E-state index in [0.717, 1.165) is 12.8 Å². The average molecular weight is 547 g/mol. The number of carbonyl (C=O) groups excluding carboxylic acids is 2. The van der Waals surface area contributed by atoms with Crippen LogP contribution >= 0.6 is 0 Å². The number of carboxylic acid groups (broad SMARTS) is 2. The molecular formula is C26H24F3N3O7. The number of nitrogens with one attached hydrogen (secondary N) is 2. The highest BCUT2D eigenvalue weighted by Gasteiger charge is 2.38. The van der Waals surface area contributed by atoms with Gasteiger partial charge in [0.1, 0.15) is 0 Å². The Morgan fingerprint density at radius 2 is 1.49 bits per heavy atom. The number of ether oxygens (including phenoxy) is 1. The van der Waals surface area contributed by atoms with Gasteiger partial charge < -0.3 is 25.6 Å². The molecule has 2 amide bonds. The number of carboxylic acids is 2. The summed E-state index contributed by atoms with van der Waals surface area (Å²) >= 11 is 0. The van der Waals surface area contributed by atoms with Gasteiger partial charge >= 0.3 is 18.1 Å². The summed E-state index contributed by atoms with van der Waals surface area (Å²) in [6.07, 6.45) is -1.80. The second-order valence-electron chi connectivity index (χ2n) is 8.43. The Kier molecular flexibility index (Phi) is 9.55. The Bertz CT molecular complexity index is 1370. The molecule has 0 aliphatic carbocycles. The van der Waals surface area contributed by atoms with Crippen molar-refractivity contribution in [2.45, 2.75) is 19.0 Å². The molecule has 1 saturated heterocycles. The maximum absolute atomic E-state index is 13.1. The zero-order valence-corrected chi connectivity index (χ0v) is 20.3. The zero-order valence-electron chi connectivity index (χ0n) is 20.3. The van der Waals surface area contributed by atoms with Crippen molar-refractivity contribution < 1.29 is 47.3 Å². The quantitative estimate of drug-likeness (QED) is 0.361. The van der Waals surface area contributed by atoms with Crippen molar-refractivity contribution in [2.75, 3.05) is 25.1 Å². The summed E-state index contributed by atoms with van der Waals surface area (Å²) in [5.74, 6) is -4.28. The number of alkyl halides is 3. The highest BCUT2D eigenvalue weighted by molar-refractivity contribution is 6.17. The molecule has 0 saturated carbocycles. The number of anilines is 1. The Morgan fingerprint density at radius 3 is 2.08 bits per heavy atom. The summed E-state index contributed by atoms with van der Waals surface area (Å²) in [6.45, 7) is 1.91. The number of aromatic nitrogens is 1. The lowest BCUT2D eigenvalue weighted by atomic mass is 9.99. The Labute approximate surface area is 219 Å². The average Bonchev–Trinajstić information content (AvgIpc) is 2.91. The van der Waals surface area contributed by atoms with Gasteiger partial charge in [0.15, 0.2) is 5.69 Å². The molecule has 10 nitrogen and oxygen atoms in total. The van der Waals surface area contributed by atoms with Gasteiger partial charge in [0.2, 0.25) is 0 Å². The van der Waals surface area contributed by atoms with Crippen molar-refractivity contribution >= 4 is 40.2 Å². The molecule has 1 aliphatic heterocycles. The van der Waals surface area contributed by atoms with Crippen molar-refractivity contribution in [1.82, 2.24) is 10.3 Å². The molecule has 1 fully saturated rings. The van der Waals surface area contributed by atoms with Crippen LogP contribution in [-0.4, -0.2) is 64.9 Å². The van der Waals surface area contributed by atoms with Gasteiger partial charge in [0, 0.05) is 31.5 Å². The molecule has 2 heterocycles. The van der Waals surface area contributed by atoms with E-state index in [1.807, 2.05) is 0 Å². The highest BCUT2D eigenvalue weighted by Crippen LogP contribution is 2.25. The predicted molar refractivity (Wildman–Crippen MR) is 133 cm³/mol. The largest absolute Gasteiger partial charge is 0.490 e. The number of aromatic carboxylic acids is 1. The number of amides is 2. The van der Waals surface area contributed by atoms with Gasteiger partial charge in [0.25, 0.3) is 11.8 Å². The van der Waals surface area contributed by atoms with Crippen LogP contribution in [0.3, 0.4) is 0 Å². The Hall–Kier alpha value is -4.52. The number of halogens is 3. The van der Waals surface area contributed by atoms with E-state index in [4.69, 9.17) is 14.6 Å². The van der Waals surface area contributed by atoms with Gasteiger partial charge in [-0.15, -0.1) is 0 Å². The number of fused-ring (bicyclic) bond motifs is 1. The van der Waals surface area contributed by atoms with Gasteiger partial charge in [-0.3, -0.25) is 9.59 Å². The molecule has 4 rings (SSSR count). The third-order valence-electron chi connectivity index (χ3n) is 5.80. The molecule has 1 aliphatic rings. The molecule has 3 aromatic rings. The number of carbonyl (C=O) groups is 4. The number of nitrogens with zero attached hydrogens (tertiary/aromatic N) is 1. The van der Waals surface area contributed by atoms with Gasteiger partial charge in [0.05, 0.1) is 11.3 Å². The first-order chi connectivity index (χ1) is 18.5. The molecule has 206 valence electrons. The molecule has 0 radical (unpaired) electrons. The van der Waals surface area contributed by atoms with E-state index < -0.39 is 24.0 Å². The van der Waals surface area contributed by atoms with Gasteiger partial charge in [-0.1, -0.05) is 24.3 Å². The minimum Gasteiger partial charge on any atom is -0.478 e. The molecule has 13 heteroatoms. The molecule has 39 heavy (non-hydrogen) atoms. The maximum atomic E-state index is 13.1. The SMILES string of the molecule is O=C(NCC1CCOCC1)c1ncccc1NC(=O)c1ccc(C(=O)O)c2ccccc12.O=C(O)C(F)(F)F. The van der Waals surface area contributed by atoms with Crippen molar-refractivity contribution in [3.8, 4) is 0 Å². The fourth-order valence-corrected chi connectivity index (χ4v) is 3.83. The summed E-state index contributed by atoms with van der Waals surface area (Å²) in [5, 5.41) is 23.2. The van der Waals surface area contributed by atoms with E-state index in [2.05, 4.69) is 15.6 Å². The monoisotopic (exact) mass is 547 g/mol. The summed E-state index contributed by atoms with van der Waals surface area (Å²) in [4.78, 5) is 50.4.